The monoisotopic (exact) mass is 342 g/mol. The molecule has 2 atom stereocenters. The van der Waals surface area contributed by atoms with Crippen LogP contribution < -0.4 is 10.6 Å². The Morgan fingerprint density at radius 2 is 2.00 bits per heavy atom. The number of likely N-dealkylation sites (tertiary alicyclic amines) is 1. The normalized spacial score (nSPS) is 18.3. The van der Waals surface area contributed by atoms with Gasteiger partial charge in [0, 0.05) is 13.1 Å². The van der Waals surface area contributed by atoms with Gasteiger partial charge in [0.1, 0.15) is 12.1 Å². The van der Waals surface area contributed by atoms with Crippen LogP contribution in [0.25, 0.3) is 0 Å². The molecule has 1 aromatic rings. The molecular formula is C19H26N4O2. The molecule has 6 nitrogen and oxygen atoms in total. The fraction of sp³-hybridized carbons (Fsp3) is 0.526. The average Bonchev–Trinajstić information content (AvgIpc) is 3.06. The largest absolute Gasteiger partial charge is 0.334 e. The maximum atomic E-state index is 12.9. The number of benzene rings is 1. The van der Waals surface area contributed by atoms with Crippen LogP contribution in [0.5, 0.6) is 0 Å². The van der Waals surface area contributed by atoms with Crippen LogP contribution in [-0.4, -0.2) is 35.5 Å². The molecule has 1 unspecified atom stereocenters. The highest BCUT2D eigenvalue weighted by Gasteiger charge is 2.39. The van der Waals surface area contributed by atoms with Crippen LogP contribution in [0, 0.1) is 16.7 Å². The van der Waals surface area contributed by atoms with Crippen LogP contribution in [0.3, 0.4) is 0 Å². The third kappa shape index (κ3) is 4.96. The molecule has 134 valence electrons. The number of hydrogen-bond donors (Lipinski definition) is 2. The van der Waals surface area contributed by atoms with Gasteiger partial charge in [-0.15, -0.1) is 0 Å². The first-order valence-electron chi connectivity index (χ1n) is 8.61. The summed E-state index contributed by atoms with van der Waals surface area (Å²) in [6.07, 6.45) is 1.51. The Morgan fingerprint density at radius 1 is 1.32 bits per heavy atom. The van der Waals surface area contributed by atoms with Crippen LogP contribution in [-0.2, 0) is 11.3 Å². The second-order valence-corrected chi connectivity index (χ2v) is 7.43. The van der Waals surface area contributed by atoms with Gasteiger partial charge in [0.15, 0.2) is 0 Å². The van der Waals surface area contributed by atoms with Gasteiger partial charge in [0.25, 0.3) is 0 Å². The predicted molar refractivity (Wildman–Crippen MR) is 95.4 cm³/mol. The summed E-state index contributed by atoms with van der Waals surface area (Å²) < 4.78 is 0. The minimum Gasteiger partial charge on any atom is -0.334 e. The van der Waals surface area contributed by atoms with Crippen molar-refractivity contribution >= 4 is 11.9 Å². The molecule has 1 aromatic carbocycles. The molecule has 3 amide bonds. The lowest BCUT2D eigenvalue weighted by molar-refractivity contribution is -0.135. The van der Waals surface area contributed by atoms with E-state index >= 15 is 0 Å². The average molecular weight is 342 g/mol. The summed E-state index contributed by atoms with van der Waals surface area (Å²) in [5.41, 5.74) is 0.532. The smallest absolute Gasteiger partial charge is 0.315 e. The summed E-state index contributed by atoms with van der Waals surface area (Å²) in [5.74, 6) is -0.189. The van der Waals surface area contributed by atoms with Crippen LogP contribution in [0.2, 0.25) is 0 Å². The Hall–Kier alpha value is -2.55. The summed E-state index contributed by atoms with van der Waals surface area (Å²) in [5, 5.41) is 14.8. The summed E-state index contributed by atoms with van der Waals surface area (Å²) in [6, 6.07) is 10.3. The van der Waals surface area contributed by atoms with Crippen molar-refractivity contribution in [2.24, 2.45) is 5.41 Å². The van der Waals surface area contributed by atoms with E-state index in [0.717, 1.165) is 12.0 Å². The minimum atomic E-state index is -0.683. The number of nitrogens with zero attached hydrogens (tertiary/aromatic N) is 2. The van der Waals surface area contributed by atoms with E-state index in [1.165, 1.54) is 0 Å². The number of hydrogen-bond acceptors (Lipinski definition) is 3. The van der Waals surface area contributed by atoms with Crippen LogP contribution >= 0.6 is 0 Å². The summed E-state index contributed by atoms with van der Waals surface area (Å²) in [6.45, 7) is 6.68. The molecule has 25 heavy (non-hydrogen) atoms. The third-order valence-electron chi connectivity index (χ3n) is 4.37. The molecule has 0 aliphatic carbocycles. The summed E-state index contributed by atoms with van der Waals surface area (Å²) in [4.78, 5) is 26.8. The number of carbonyl (C=O) groups excluding carboxylic acids is 2. The Balaban J connectivity index is 2.01. The number of nitrogens with one attached hydrogen (secondary N) is 2. The molecule has 1 fully saturated rings. The maximum Gasteiger partial charge on any atom is 0.315 e. The van der Waals surface area contributed by atoms with Gasteiger partial charge >= 0.3 is 6.03 Å². The van der Waals surface area contributed by atoms with E-state index in [2.05, 4.69) is 16.7 Å². The number of amides is 3. The van der Waals surface area contributed by atoms with Gasteiger partial charge in [0.2, 0.25) is 5.91 Å². The van der Waals surface area contributed by atoms with E-state index in [4.69, 9.17) is 0 Å². The van der Waals surface area contributed by atoms with Gasteiger partial charge in [-0.2, -0.15) is 5.26 Å². The van der Waals surface area contributed by atoms with Crippen molar-refractivity contribution in [2.75, 3.05) is 6.54 Å². The van der Waals surface area contributed by atoms with E-state index in [9.17, 15) is 14.9 Å². The number of rotatable bonds is 4. The fourth-order valence-corrected chi connectivity index (χ4v) is 2.94. The third-order valence-corrected chi connectivity index (χ3v) is 4.37. The summed E-state index contributed by atoms with van der Waals surface area (Å²) in [7, 11) is 0. The zero-order valence-electron chi connectivity index (χ0n) is 15.1. The standard InChI is InChI=1S/C19H26N4O2/c1-19(2,3)16(17(24)23-11-7-10-15(23)12-20)22-18(25)21-13-14-8-5-4-6-9-14/h4-6,8-9,15-16H,7,10-11,13H2,1-3H3,(H2,21,22,25)/t15?,16-/m1/s1. The number of urea groups is 1. The maximum absolute atomic E-state index is 12.9. The van der Waals surface area contributed by atoms with Crippen molar-refractivity contribution in [2.45, 2.75) is 52.2 Å². The molecule has 1 aliphatic rings. The zero-order valence-corrected chi connectivity index (χ0v) is 15.1. The number of carbonyl (C=O) groups is 2. The highest BCUT2D eigenvalue weighted by Crippen LogP contribution is 2.25. The number of nitriles is 1. The second-order valence-electron chi connectivity index (χ2n) is 7.43. The van der Waals surface area contributed by atoms with Crippen molar-refractivity contribution < 1.29 is 9.59 Å². The van der Waals surface area contributed by atoms with Crippen LogP contribution in [0.15, 0.2) is 30.3 Å². The lowest BCUT2D eigenvalue weighted by Crippen LogP contribution is -2.57. The molecule has 6 heteroatoms. The first-order chi connectivity index (χ1) is 11.8. The van der Waals surface area contributed by atoms with Crippen molar-refractivity contribution in [3.05, 3.63) is 35.9 Å². The second kappa shape index (κ2) is 8.02. The van der Waals surface area contributed by atoms with Gasteiger partial charge in [-0.25, -0.2) is 4.79 Å². The first kappa shape index (κ1) is 18.8. The lowest BCUT2D eigenvalue weighted by atomic mass is 9.85. The Labute approximate surface area is 149 Å². The highest BCUT2D eigenvalue weighted by molar-refractivity contribution is 5.88. The van der Waals surface area contributed by atoms with Crippen molar-refractivity contribution in [1.82, 2.24) is 15.5 Å². The molecule has 0 saturated carbocycles. The van der Waals surface area contributed by atoms with Crippen molar-refractivity contribution in [3.8, 4) is 6.07 Å². The van der Waals surface area contributed by atoms with Crippen LogP contribution in [0.1, 0.15) is 39.2 Å². The van der Waals surface area contributed by atoms with E-state index in [1.807, 2.05) is 51.1 Å². The molecule has 1 heterocycles. The van der Waals surface area contributed by atoms with Gasteiger partial charge < -0.3 is 15.5 Å². The van der Waals surface area contributed by atoms with E-state index in [0.29, 0.717) is 19.5 Å². The molecule has 0 aromatic heterocycles. The van der Waals surface area contributed by atoms with Crippen LogP contribution in [0.4, 0.5) is 4.79 Å². The predicted octanol–water partition coefficient (Wildman–Crippen LogP) is 2.42. The fourth-order valence-electron chi connectivity index (χ4n) is 2.94. The molecule has 1 saturated heterocycles. The molecule has 0 bridgehead atoms. The highest BCUT2D eigenvalue weighted by atomic mass is 16.2. The van der Waals surface area contributed by atoms with Gasteiger partial charge in [-0.3, -0.25) is 4.79 Å². The molecule has 2 rings (SSSR count). The van der Waals surface area contributed by atoms with Gasteiger partial charge in [-0.1, -0.05) is 51.1 Å². The molecular weight excluding hydrogens is 316 g/mol. The van der Waals surface area contributed by atoms with Gasteiger partial charge in [0.05, 0.1) is 6.07 Å². The SMILES string of the molecule is CC(C)(C)[C@H](NC(=O)NCc1ccccc1)C(=O)N1CCCC1C#N. The molecule has 1 aliphatic heterocycles. The minimum absolute atomic E-state index is 0.189. The van der Waals surface area contributed by atoms with Gasteiger partial charge in [-0.05, 0) is 23.8 Å². The van der Waals surface area contributed by atoms with Crippen molar-refractivity contribution in [1.29, 1.82) is 5.26 Å². The lowest BCUT2D eigenvalue weighted by Gasteiger charge is -2.34. The Morgan fingerprint density at radius 3 is 2.60 bits per heavy atom. The molecule has 0 radical (unpaired) electrons. The molecule has 0 spiro atoms. The van der Waals surface area contributed by atoms with E-state index in [1.54, 1.807) is 4.90 Å². The topological polar surface area (TPSA) is 85.2 Å². The Bertz CT molecular complexity index is 646. The van der Waals surface area contributed by atoms with E-state index < -0.39 is 17.5 Å². The van der Waals surface area contributed by atoms with Crippen molar-refractivity contribution in [3.63, 3.8) is 0 Å². The molecule has 2 N–H and O–H groups in total. The quantitative estimate of drug-likeness (QED) is 0.881. The van der Waals surface area contributed by atoms with E-state index in [-0.39, 0.29) is 11.9 Å². The summed E-state index contributed by atoms with van der Waals surface area (Å²) >= 11 is 0. The zero-order chi connectivity index (χ0) is 18.4. The Kier molecular flexibility index (Phi) is 6.02. The first-order valence-corrected chi connectivity index (χ1v) is 8.61.